The van der Waals surface area contributed by atoms with Gasteiger partial charge in [-0.2, -0.15) is 0 Å². The lowest BCUT2D eigenvalue weighted by Crippen LogP contribution is -2.46. The molecule has 7 nitrogen and oxygen atoms in total. The second kappa shape index (κ2) is 10.3. The van der Waals surface area contributed by atoms with Crippen LogP contribution in [0.3, 0.4) is 0 Å². The standard InChI is InChI=1S/C22H31N3O4S/c1-29-21-11-10-18(17-22(21)30(23,27)28)20(26)9-5-6-12-24-13-15-25(16-14-24)19-7-3-2-4-8-19/h2-4,7-8,10-11,17,20,26H,5-6,9,12-16H2,1H3,(H2,23,27,28). The van der Waals surface area contributed by atoms with Gasteiger partial charge in [-0.15, -0.1) is 0 Å². The number of rotatable bonds is 9. The fraction of sp³-hybridized carbons (Fsp3) is 0.455. The Morgan fingerprint density at radius 2 is 1.77 bits per heavy atom. The number of ether oxygens (including phenoxy) is 1. The minimum atomic E-state index is -3.91. The zero-order valence-corrected chi connectivity index (χ0v) is 18.2. The van der Waals surface area contributed by atoms with E-state index in [0.717, 1.165) is 45.6 Å². The molecule has 0 aliphatic carbocycles. The molecule has 0 radical (unpaired) electrons. The Bertz CT molecular complexity index is 913. The fourth-order valence-corrected chi connectivity index (χ4v) is 4.56. The van der Waals surface area contributed by atoms with E-state index >= 15 is 0 Å². The number of hydrogen-bond acceptors (Lipinski definition) is 6. The molecule has 1 aliphatic rings. The van der Waals surface area contributed by atoms with Crippen LogP contribution in [0.15, 0.2) is 53.4 Å². The molecule has 8 heteroatoms. The van der Waals surface area contributed by atoms with Gasteiger partial charge in [-0.3, -0.25) is 4.90 Å². The normalized spacial score (nSPS) is 16.4. The molecule has 2 aromatic rings. The van der Waals surface area contributed by atoms with Crippen molar-refractivity contribution in [2.45, 2.75) is 30.3 Å². The predicted octanol–water partition coefficient (Wildman–Crippen LogP) is 2.37. The summed E-state index contributed by atoms with van der Waals surface area (Å²) >= 11 is 0. The van der Waals surface area contributed by atoms with Crippen molar-refractivity contribution in [2.24, 2.45) is 5.14 Å². The van der Waals surface area contributed by atoms with E-state index in [0.29, 0.717) is 12.0 Å². The Labute approximate surface area is 179 Å². The van der Waals surface area contributed by atoms with Crippen LogP contribution in [0.25, 0.3) is 0 Å². The van der Waals surface area contributed by atoms with Crippen LogP contribution in [0, 0.1) is 0 Å². The Hall–Kier alpha value is -2.13. The topological polar surface area (TPSA) is 96.1 Å². The first kappa shape index (κ1) is 22.6. The third kappa shape index (κ3) is 5.95. The Morgan fingerprint density at radius 1 is 1.07 bits per heavy atom. The molecular formula is C22H31N3O4S. The quantitative estimate of drug-likeness (QED) is 0.590. The number of benzene rings is 2. The monoisotopic (exact) mass is 433 g/mol. The van der Waals surface area contributed by atoms with Crippen molar-refractivity contribution in [1.82, 2.24) is 4.90 Å². The van der Waals surface area contributed by atoms with Crippen molar-refractivity contribution in [3.8, 4) is 5.75 Å². The first-order valence-electron chi connectivity index (χ1n) is 10.3. The van der Waals surface area contributed by atoms with Gasteiger partial charge in [0.05, 0.1) is 13.2 Å². The molecule has 0 aromatic heterocycles. The van der Waals surface area contributed by atoms with Gasteiger partial charge >= 0.3 is 0 Å². The third-order valence-corrected chi connectivity index (χ3v) is 6.51. The van der Waals surface area contributed by atoms with Crippen molar-refractivity contribution >= 4 is 15.7 Å². The number of methoxy groups -OCH3 is 1. The van der Waals surface area contributed by atoms with E-state index in [2.05, 4.69) is 34.1 Å². The Kier molecular flexibility index (Phi) is 7.71. The van der Waals surface area contributed by atoms with E-state index in [9.17, 15) is 13.5 Å². The largest absolute Gasteiger partial charge is 0.495 e. The number of aliphatic hydroxyl groups is 1. The number of primary sulfonamides is 1. The maximum Gasteiger partial charge on any atom is 0.241 e. The third-order valence-electron chi connectivity index (χ3n) is 5.57. The van der Waals surface area contributed by atoms with Crippen LogP contribution >= 0.6 is 0 Å². The van der Waals surface area contributed by atoms with Crippen LogP contribution in [0.2, 0.25) is 0 Å². The molecule has 0 amide bonds. The second-order valence-corrected chi connectivity index (χ2v) is 9.16. The summed E-state index contributed by atoms with van der Waals surface area (Å²) in [6, 6.07) is 15.1. The molecule has 1 aliphatic heterocycles. The lowest BCUT2D eigenvalue weighted by Gasteiger charge is -2.36. The maximum atomic E-state index is 11.7. The van der Waals surface area contributed by atoms with Crippen molar-refractivity contribution in [3.05, 3.63) is 54.1 Å². The van der Waals surface area contributed by atoms with Gasteiger partial charge in [0.1, 0.15) is 10.6 Å². The molecular weight excluding hydrogens is 402 g/mol. The number of para-hydroxylation sites is 1. The van der Waals surface area contributed by atoms with Crippen LogP contribution < -0.4 is 14.8 Å². The molecule has 3 rings (SSSR count). The van der Waals surface area contributed by atoms with E-state index in [1.807, 2.05) is 6.07 Å². The van der Waals surface area contributed by atoms with Gasteiger partial charge in [0.2, 0.25) is 10.0 Å². The summed E-state index contributed by atoms with van der Waals surface area (Å²) in [4.78, 5) is 4.77. The number of nitrogens with two attached hydrogens (primary N) is 1. The van der Waals surface area contributed by atoms with Crippen LogP contribution in [-0.4, -0.2) is 58.3 Å². The number of sulfonamides is 1. The summed E-state index contributed by atoms with van der Waals surface area (Å²) in [6.07, 6.45) is 1.68. The van der Waals surface area contributed by atoms with E-state index in [-0.39, 0.29) is 10.6 Å². The molecule has 1 atom stereocenters. The molecule has 1 unspecified atom stereocenters. The minimum absolute atomic E-state index is 0.0992. The smallest absolute Gasteiger partial charge is 0.241 e. The SMILES string of the molecule is COc1ccc(C(O)CCCCN2CCN(c3ccccc3)CC2)cc1S(N)(=O)=O. The van der Waals surface area contributed by atoms with Gasteiger partial charge in [-0.05, 0) is 55.6 Å². The number of hydrogen-bond donors (Lipinski definition) is 2. The van der Waals surface area contributed by atoms with Crippen molar-refractivity contribution in [2.75, 3.05) is 44.7 Å². The lowest BCUT2D eigenvalue weighted by molar-refractivity contribution is 0.159. The number of nitrogens with zero attached hydrogens (tertiary/aromatic N) is 2. The summed E-state index contributed by atoms with van der Waals surface area (Å²) < 4.78 is 28.5. The van der Waals surface area contributed by atoms with Crippen LogP contribution in [0.4, 0.5) is 5.69 Å². The summed E-state index contributed by atoms with van der Waals surface area (Å²) in [5.41, 5.74) is 1.81. The summed E-state index contributed by atoms with van der Waals surface area (Å²) in [7, 11) is -2.52. The van der Waals surface area contributed by atoms with Gasteiger partial charge in [0, 0.05) is 31.9 Å². The van der Waals surface area contributed by atoms with Crippen molar-refractivity contribution < 1.29 is 18.3 Å². The van der Waals surface area contributed by atoms with Crippen LogP contribution in [-0.2, 0) is 10.0 Å². The summed E-state index contributed by atoms with van der Waals surface area (Å²) in [5, 5.41) is 15.7. The molecule has 30 heavy (non-hydrogen) atoms. The maximum absolute atomic E-state index is 11.7. The highest BCUT2D eigenvalue weighted by atomic mass is 32.2. The minimum Gasteiger partial charge on any atom is -0.495 e. The highest BCUT2D eigenvalue weighted by Crippen LogP contribution is 2.28. The molecule has 0 bridgehead atoms. The van der Waals surface area contributed by atoms with E-state index in [1.54, 1.807) is 6.07 Å². The van der Waals surface area contributed by atoms with Gasteiger partial charge in [-0.1, -0.05) is 24.3 Å². The highest BCUT2D eigenvalue weighted by Gasteiger charge is 2.19. The highest BCUT2D eigenvalue weighted by molar-refractivity contribution is 7.89. The Balaban J connectivity index is 1.43. The molecule has 1 saturated heterocycles. The van der Waals surface area contributed by atoms with Gasteiger partial charge in [-0.25, -0.2) is 13.6 Å². The molecule has 0 spiro atoms. The molecule has 164 valence electrons. The van der Waals surface area contributed by atoms with Crippen LogP contribution in [0.1, 0.15) is 30.9 Å². The average Bonchev–Trinajstić information content (AvgIpc) is 2.76. The lowest BCUT2D eigenvalue weighted by atomic mass is 10.0. The fourth-order valence-electron chi connectivity index (χ4n) is 3.83. The van der Waals surface area contributed by atoms with Crippen LogP contribution in [0.5, 0.6) is 5.75 Å². The molecule has 1 heterocycles. The number of unbranched alkanes of at least 4 members (excludes halogenated alkanes) is 1. The molecule has 3 N–H and O–H groups in total. The zero-order chi connectivity index (χ0) is 21.6. The molecule has 0 saturated carbocycles. The number of aliphatic hydroxyl groups excluding tert-OH is 1. The van der Waals surface area contributed by atoms with E-state index in [1.165, 1.54) is 24.9 Å². The van der Waals surface area contributed by atoms with Crippen molar-refractivity contribution in [3.63, 3.8) is 0 Å². The Morgan fingerprint density at radius 3 is 2.40 bits per heavy atom. The van der Waals surface area contributed by atoms with Crippen molar-refractivity contribution in [1.29, 1.82) is 0 Å². The average molecular weight is 434 g/mol. The molecule has 1 fully saturated rings. The van der Waals surface area contributed by atoms with E-state index in [4.69, 9.17) is 9.88 Å². The molecule has 2 aromatic carbocycles. The van der Waals surface area contributed by atoms with Gasteiger partial charge in [0.25, 0.3) is 0 Å². The van der Waals surface area contributed by atoms with E-state index < -0.39 is 16.1 Å². The number of piperazine rings is 1. The number of anilines is 1. The summed E-state index contributed by atoms with van der Waals surface area (Å²) in [5.74, 6) is 0.183. The van der Waals surface area contributed by atoms with Gasteiger partial charge < -0.3 is 14.7 Å². The summed E-state index contributed by atoms with van der Waals surface area (Å²) in [6.45, 7) is 5.12. The first-order chi connectivity index (χ1) is 14.4. The predicted molar refractivity (Wildman–Crippen MR) is 118 cm³/mol. The first-order valence-corrected chi connectivity index (χ1v) is 11.8. The van der Waals surface area contributed by atoms with Gasteiger partial charge in [0.15, 0.2) is 0 Å². The zero-order valence-electron chi connectivity index (χ0n) is 17.4. The second-order valence-electron chi connectivity index (χ2n) is 7.63.